The van der Waals surface area contributed by atoms with Crippen LogP contribution in [0.5, 0.6) is 0 Å². The molecule has 0 aliphatic carbocycles. The van der Waals surface area contributed by atoms with Crippen LogP contribution in [0.4, 0.5) is 0 Å². The molecule has 3 rings (SSSR count). The summed E-state index contributed by atoms with van der Waals surface area (Å²) in [4.78, 5) is 24.1. The number of hydrogen-bond donors (Lipinski definition) is 0. The second-order valence-electron chi connectivity index (χ2n) is 6.84. The van der Waals surface area contributed by atoms with Crippen LogP contribution in [0.25, 0.3) is 17.4 Å². The van der Waals surface area contributed by atoms with Crippen molar-refractivity contribution in [1.82, 2.24) is 0 Å². The molecular weight excluding hydrogens is 352 g/mol. The monoisotopic (exact) mass is 374 g/mol. The predicted octanol–water partition coefficient (Wildman–Crippen LogP) is 5.66. The molecular formula is C24H22O4. The topological polar surface area (TPSA) is 56.5 Å². The Morgan fingerprint density at radius 3 is 2.32 bits per heavy atom. The maximum Gasteiger partial charge on any atom is 0.338 e. The third kappa shape index (κ3) is 5.07. The van der Waals surface area contributed by atoms with Crippen LogP contribution in [-0.2, 0) is 4.74 Å². The average Bonchev–Trinajstić information content (AvgIpc) is 3.20. The quantitative estimate of drug-likeness (QED) is 0.304. The smallest absolute Gasteiger partial charge is 0.338 e. The molecule has 0 atom stereocenters. The summed E-state index contributed by atoms with van der Waals surface area (Å²) in [6.45, 7) is 4.38. The van der Waals surface area contributed by atoms with E-state index < -0.39 is 0 Å². The minimum Gasteiger partial charge on any atom is -0.462 e. The van der Waals surface area contributed by atoms with E-state index in [1.54, 1.807) is 36.4 Å². The van der Waals surface area contributed by atoms with E-state index in [2.05, 4.69) is 0 Å². The zero-order chi connectivity index (χ0) is 19.9. The second-order valence-corrected chi connectivity index (χ2v) is 6.84. The van der Waals surface area contributed by atoms with Crippen molar-refractivity contribution in [1.29, 1.82) is 0 Å². The summed E-state index contributed by atoms with van der Waals surface area (Å²) in [7, 11) is 0. The van der Waals surface area contributed by atoms with E-state index in [-0.39, 0.29) is 11.8 Å². The SMILES string of the molecule is CC(C)COC(=O)c1ccc(-c2ccc(/C=C/C(=O)c3ccccc3)o2)cc1. The number of furan rings is 1. The van der Waals surface area contributed by atoms with Crippen LogP contribution in [0.2, 0.25) is 0 Å². The third-order valence-electron chi connectivity index (χ3n) is 4.04. The Morgan fingerprint density at radius 1 is 0.929 bits per heavy atom. The first kappa shape index (κ1) is 19.4. The fourth-order valence-electron chi connectivity index (χ4n) is 2.55. The van der Waals surface area contributed by atoms with E-state index in [1.807, 2.05) is 50.2 Å². The van der Waals surface area contributed by atoms with E-state index in [9.17, 15) is 9.59 Å². The summed E-state index contributed by atoms with van der Waals surface area (Å²) in [5.41, 5.74) is 1.98. The van der Waals surface area contributed by atoms with Gasteiger partial charge in [0.2, 0.25) is 0 Å². The molecule has 1 aromatic heterocycles. The molecule has 4 nitrogen and oxygen atoms in total. The maximum atomic E-state index is 12.1. The summed E-state index contributed by atoms with van der Waals surface area (Å²) in [5, 5.41) is 0. The number of esters is 1. The number of benzene rings is 2. The summed E-state index contributed by atoms with van der Waals surface area (Å²) < 4.78 is 11.0. The number of hydrogen-bond acceptors (Lipinski definition) is 4. The Morgan fingerprint density at radius 2 is 1.64 bits per heavy atom. The van der Waals surface area contributed by atoms with Gasteiger partial charge in [-0.3, -0.25) is 4.79 Å². The normalized spacial score (nSPS) is 11.1. The average molecular weight is 374 g/mol. The van der Waals surface area contributed by atoms with Gasteiger partial charge in [-0.2, -0.15) is 0 Å². The summed E-state index contributed by atoms with van der Waals surface area (Å²) in [6.07, 6.45) is 3.14. The molecule has 0 fully saturated rings. The van der Waals surface area contributed by atoms with Gasteiger partial charge in [0.05, 0.1) is 12.2 Å². The highest BCUT2D eigenvalue weighted by Gasteiger charge is 2.10. The van der Waals surface area contributed by atoms with Crippen molar-refractivity contribution < 1.29 is 18.7 Å². The van der Waals surface area contributed by atoms with E-state index in [1.165, 1.54) is 6.08 Å². The highest BCUT2D eigenvalue weighted by Crippen LogP contribution is 2.23. The molecule has 0 aliphatic rings. The van der Waals surface area contributed by atoms with Gasteiger partial charge < -0.3 is 9.15 Å². The number of carbonyl (C=O) groups excluding carboxylic acids is 2. The van der Waals surface area contributed by atoms with Crippen molar-refractivity contribution in [3.05, 3.63) is 89.7 Å². The first-order valence-corrected chi connectivity index (χ1v) is 9.18. The molecule has 28 heavy (non-hydrogen) atoms. The van der Waals surface area contributed by atoms with Crippen LogP contribution < -0.4 is 0 Å². The Balaban J connectivity index is 1.66. The molecule has 0 saturated heterocycles. The minimum atomic E-state index is -0.331. The third-order valence-corrected chi connectivity index (χ3v) is 4.04. The lowest BCUT2D eigenvalue weighted by Gasteiger charge is -2.07. The van der Waals surface area contributed by atoms with Gasteiger partial charge in [0.25, 0.3) is 0 Å². The van der Waals surface area contributed by atoms with Gasteiger partial charge in [0.15, 0.2) is 5.78 Å². The van der Waals surface area contributed by atoms with Crippen LogP contribution in [0, 0.1) is 5.92 Å². The largest absolute Gasteiger partial charge is 0.462 e. The van der Waals surface area contributed by atoms with Crippen LogP contribution in [-0.4, -0.2) is 18.4 Å². The Labute approximate surface area is 164 Å². The van der Waals surface area contributed by atoms with E-state index in [0.29, 0.717) is 35.2 Å². The lowest BCUT2D eigenvalue weighted by Crippen LogP contribution is -2.09. The first-order chi connectivity index (χ1) is 13.5. The maximum absolute atomic E-state index is 12.1. The van der Waals surface area contributed by atoms with Gasteiger partial charge in [-0.05, 0) is 42.3 Å². The van der Waals surface area contributed by atoms with Crippen molar-refractivity contribution in [3.63, 3.8) is 0 Å². The molecule has 2 aromatic carbocycles. The van der Waals surface area contributed by atoms with Crippen molar-refractivity contribution >= 4 is 17.8 Å². The molecule has 0 spiro atoms. The molecule has 142 valence electrons. The standard InChI is InChI=1S/C24H22O4/c1-17(2)16-27-24(26)20-10-8-19(9-11-20)23-15-13-21(28-23)12-14-22(25)18-6-4-3-5-7-18/h3-15,17H,16H2,1-2H3/b14-12+. The summed E-state index contributed by atoms with van der Waals surface area (Å²) in [6, 6.07) is 19.8. The summed E-state index contributed by atoms with van der Waals surface area (Å²) in [5.74, 6) is 1.13. The summed E-state index contributed by atoms with van der Waals surface area (Å²) >= 11 is 0. The zero-order valence-corrected chi connectivity index (χ0v) is 15.9. The van der Waals surface area contributed by atoms with Crippen molar-refractivity contribution in [2.45, 2.75) is 13.8 Å². The molecule has 3 aromatic rings. The molecule has 4 heteroatoms. The molecule has 0 aliphatic heterocycles. The molecule has 0 radical (unpaired) electrons. The van der Waals surface area contributed by atoms with Crippen LogP contribution >= 0.6 is 0 Å². The van der Waals surface area contributed by atoms with Gasteiger partial charge in [-0.1, -0.05) is 56.3 Å². The van der Waals surface area contributed by atoms with Gasteiger partial charge in [-0.15, -0.1) is 0 Å². The number of ether oxygens (including phenoxy) is 1. The number of rotatable bonds is 7. The van der Waals surface area contributed by atoms with Crippen molar-refractivity contribution in [3.8, 4) is 11.3 Å². The molecule has 0 saturated carbocycles. The van der Waals surface area contributed by atoms with Gasteiger partial charge >= 0.3 is 5.97 Å². The molecule has 0 unspecified atom stereocenters. The van der Waals surface area contributed by atoms with E-state index in [4.69, 9.17) is 9.15 Å². The van der Waals surface area contributed by atoms with Gasteiger partial charge in [0.1, 0.15) is 11.5 Å². The second kappa shape index (κ2) is 9.00. The Kier molecular flexibility index (Phi) is 6.22. The molecule has 1 heterocycles. The van der Waals surface area contributed by atoms with E-state index >= 15 is 0 Å². The Bertz CT molecular complexity index is 963. The molecule has 0 bridgehead atoms. The first-order valence-electron chi connectivity index (χ1n) is 9.18. The van der Waals surface area contributed by atoms with Gasteiger partial charge in [0, 0.05) is 11.1 Å². The molecule has 0 N–H and O–H groups in total. The fourth-order valence-corrected chi connectivity index (χ4v) is 2.55. The van der Waals surface area contributed by atoms with Crippen LogP contribution in [0.1, 0.15) is 40.3 Å². The van der Waals surface area contributed by atoms with Crippen molar-refractivity contribution in [2.24, 2.45) is 5.92 Å². The lowest BCUT2D eigenvalue weighted by molar-refractivity contribution is 0.0459. The lowest BCUT2D eigenvalue weighted by atomic mass is 10.1. The highest BCUT2D eigenvalue weighted by atomic mass is 16.5. The molecule has 0 amide bonds. The minimum absolute atomic E-state index is 0.0807. The highest BCUT2D eigenvalue weighted by molar-refractivity contribution is 6.06. The predicted molar refractivity (Wildman–Crippen MR) is 109 cm³/mol. The van der Waals surface area contributed by atoms with Gasteiger partial charge in [-0.25, -0.2) is 4.79 Å². The van der Waals surface area contributed by atoms with Crippen molar-refractivity contribution in [2.75, 3.05) is 6.61 Å². The number of allylic oxidation sites excluding steroid dienone is 1. The van der Waals surface area contributed by atoms with Crippen LogP contribution in [0.15, 0.2) is 77.2 Å². The van der Waals surface area contributed by atoms with Crippen LogP contribution in [0.3, 0.4) is 0 Å². The number of carbonyl (C=O) groups is 2. The zero-order valence-electron chi connectivity index (χ0n) is 15.9. The van der Waals surface area contributed by atoms with E-state index in [0.717, 1.165) is 5.56 Å². The Hall–Kier alpha value is -3.40. The fraction of sp³-hybridized carbons (Fsp3) is 0.167. The number of ketones is 1.